The molecule has 0 atom stereocenters. The van der Waals surface area contributed by atoms with Crippen LogP contribution in [0, 0.1) is 12.7 Å². The van der Waals surface area contributed by atoms with Crippen LogP contribution in [0.4, 0.5) is 10.1 Å². The molecule has 1 N–H and O–H groups in total. The highest BCUT2D eigenvalue weighted by Gasteiger charge is 2.16. The van der Waals surface area contributed by atoms with Gasteiger partial charge in [0.1, 0.15) is 11.6 Å². The van der Waals surface area contributed by atoms with E-state index >= 15 is 0 Å². The molecule has 0 aliphatic rings. The third-order valence-corrected chi connectivity index (χ3v) is 3.68. The Kier molecular flexibility index (Phi) is 3.78. The van der Waals surface area contributed by atoms with E-state index in [1.165, 1.54) is 6.07 Å². The first-order chi connectivity index (χ1) is 9.27. The van der Waals surface area contributed by atoms with Gasteiger partial charge in [-0.3, -0.25) is 4.79 Å². The fourth-order valence-electron chi connectivity index (χ4n) is 1.41. The van der Waals surface area contributed by atoms with Gasteiger partial charge in [-0.1, -0.05) is 5.16 Å². The molecule has 0 aliphatic heterocycles. The van der Waals surface area contributed by atoms with Crippen molar-refractivity contribution in [1.82, 2.24) is 5.16 Å². The number of benzene rings is 1. The molecule has 9 heteroatoms. The largest absolute Gasteiger partial charge is 0.361 e. The Hall–Kier alpha value is -1.93. The van der Waals surface area contributed by atoms with Gasteiger partial charge in [0.2, 0.25) is 0 Å². The third kappa shape index (κ3) is 3.14. The second-order valence-corrected chi connectivity index (χ2v) is 6.42. The maximum atomic E-state index is 13.7. The van der Waals surface area contributed by atoms with Crippen LogP contribution < -0.4 is 5.32 Å². The lowest BCUT2D eigenvalue weighted by Crippen LogP contribution is -2.13. The first-order valence-corrected chi connectivity index (χ1v) is 7.57. The Morgan fingerprint density at radius 1 is 1.40 bits per heavy atom. The van der Waals surface area contributed by atoms with E-state index in [0.29, 0.717) is 11.8 Å². The number of aromatic nitrogens is 1. The van der Waals surface area contributed by atoms with Crippen LogP contribution in [0.2, 0.25) is 0 Å². The molecule has 2 aromatic rings. The summed E-state index contributed by atoms with van der Waals surface area (Å²) in [7, 11) is 1.06. The minimum atomic E-state index is -4.03. The molecule has 0 fully saturated rings. The van der Waals surface area contributed by atoms with E-state index in [9.17, 15) is 17.6 Å². The van der Waals surface area contributed by atoms with Gasteiger partial charge in [0, 0.05) is 16.7 Å². The van der Waals surface area contributed by atoms with Crippen molar-refractivity contribution in [2.45, 2.75) is 11.8 Å². The number of carbonyl (C=O) groups excluding carboxylic acids is 1. The van der Waals surface area contributed by atoms with E-state index in [0.717, 1.165) is 12.1 Å². The molecule has 0 radical (unpaired) electrons. The number of halogens is 2. The topological polar surface area (TPSA) is 89.3 Å². The van der Waals surface area contributed by atoms with Crippen LogP contribution in [-0.2, 0) is 9.05 Å². The normalized spacial score (nSPS) is 11.3. The van der Waals surface area contributed by atoms with Gasteiger partial charge < -0.3 is 9.84 Å². The molecule has 1 amide bonds. The first kappa shape index (κ1) is 14.5. The van der Waals surface area contributed by atoms with Crippen LogP contribution in [0.3, 0.4) is 0 Å². The van der Waals surface area contributed by atoms with Crippen LogP contribution in [0.25, 0.3) is 0 Å². The zero-order valence-corrected chi connectivity index (χ0v) is 11.6. The fraction of sp³-hybridized carbons (Fsp3) is 0.0909. The molecule has 0 spiro atoms. The Morgan fingerprint density at radius 3 is 2.60 bits per heavy atom. The van der Waals surface area contributed by atoms with Crippen molar-refractivity contribution in [2.75, 3.05) is 5.32 Å². The maximum Gasteiger partial charge on any atom is 0.277 e. The number of amides is 1. The van der Waals surface area contributed by atoms with Crippen LogP contribution >= 0.6 is 10.7 Å². The third-order valence-electron chi connectivity index (χ3n) is 2.33. The number of rotatable bonds is 3. The lowest BCUT2D eigenvalue weighted by Gasteiger charge is -2.05. The quantitative estimate of drug-likeness (QED) is 0.877. The highest BCUT2D eigenvalue weighted by Crippen LogP contribution is 2.22. The second-order valence-electron chi connectivity index (χ2n) is 3.86. The monoisotopic (exact) mass is 318 g/mol. The van der Waals surface area contributed by atoms with Crippen LogP contribution in [0.15, 0.2) is 33.7 Å². The summed E-state index contributed by atoms with van der Waals surface area (Å²) >= 11 is 0. The van der Waals surface area contributed by atoms with E-state index in [1.54, 1.807) is 6.92 Å². The van der Waals surface area contributed by atoms with E-state index < -0.39 is 25.7 Å². The summed E-state index contributed by atoms with van der Waals surface area (Å²) in [4.78, 5) is 11.3. The average molecular weight is 319 g/mol. The van der Waals surface area contributed by atoms with Crippen molar-refractivity contribution in [3.8, 4) is 0 Å². The number of anilines is 1. The van der Waals surface area contributed by atoms with Crippen molar-refractivity contribution in [3.05, 3.63) is 41.5 Å². The molecule has 1 aromatic heterocycles. The Morgan fingerprint density at radius 2 is 2.10 bits per heavy atom. The second kappa shape index (κ2) is 5.22. The highest BCUT2D eigenvalue weighted by atomic mass is 35.7. The van der Waals surface area contributed by atoms with Gasteiger partial charge >= 0.3 is 0 Å². The Bertz CT molecular complexity index is 772. The maximum absolute atomic E-state index is 13.7. The van der Waals surface area contributed by atoms with Crippen molar-refractivity contribution >= 4 is 31.3 Å². The zero-order chi connectivity index (χ0) is 14.9. The van der Waals surface area contributed by atoms with Gasteiger partial charge in [-0.2, -0.15) is 0 Å². The summed E-state index contributed by atoms with van der Waals surface area (Å²) in [5, 5.41) is 5.72. The predicted octanol–water partition coefficient (Wildman–Crippen LogP) is 2.30. The molecule has 0 unspecified atom stereocenters. The average Bonchev–Trinajstić information content (AvgIpc) is 2.77. The van der Waals surface area contributed by atoms with Crippen LogP contribution in [0.1, 0.15) is 16.2 Å². The van der Waals surface area contributed by atoms with Gasteiger partial charge in [-0.25, -0.2) is 12.8 Å². The summed E-state index contributed by atoms with van der Waals surface area (Å²) in [5.74, 6) is -1.18. The number of hydrogen-bond donors (Lipinski definition) is 1. The minimum Gasteiger partial charge on any atom is -0.361 e. The number of nitrogens with zero attached hydrogens (tertiary/aromatic N) is 1. The van der Waals surface area contributed by atoms with Crippen LogP contribution in [-0.4, -0.2) is 19.5 Å². The molecule has 1 heterocycles. The smallest absolute Gasteiger partial charge is 0.277 e. The van der Waals surface area contributed by atoms with E-state index in [4.69, 9.17) is 15.2 Å². The van der Waals surface area contributed by atoms with Gasteiger partial charge in [0.05, 0.1) is 10.6 Å². The zero-order valence-electron chi connectivity index (χ0n) is 10.1. The molecule has 106 valence electrons. The van der Waals surface area contributed by atoms with Gasteiger partial charge in [-0.15, -0.1) is 0 Å². The molecule has 0 saturated carbocycles. The standard InChI is InChI=1S/C11H8ClFN2O4S/c1-6-4-10(15-19-6)11(16)14-9-3-2-7(5-8(9)13)20(12,17)18/h2-5H,1H3,(H,14,16). The molecule has 20 heavy (non-hydrogen) atoms. The highest BCUT2D eigenvalue weighted by molar-refractivity contribution is 8.13. The molecular weight excluding hydrogens is 311 g/mol. The van der Waals surface area contributed by atoms with Gasteiger partial charge in [0.15, 0.2) is 5.69 Å². The van der Waals surface area contributed by atoms with Crippen LogP contribution in [0.5, 0.6) is 0 Å². The van der Waals surface area contributed by atoms with Crippen molar-refractivity contribution in [1.29, 1.82) is 0 Å². The van der Waals surface area contributed by atoms with Gasteiger partial charge in [0.25, 0.3) is 15.0 Å². The molecular formula is C11H8ClFN2O4S. The summed E-state index contributed by atoms with van der Waals surface area (Å²) in [6, 6.07) is 4.27. The predicted molar refractivity (Wildman–Crippen MR) is 68.6 cm³/mol. The molecule has 2 rings (SSSR count). The Labute approximate surface area is 117 Å². The number of hydrogen-bond acceptors (Lipinski definition) is 5. The first-order valence-electron chi connectivity index (χ1n) is 5.26. The number of carbonyl (C=O) groups is 1. The lowest BCUT2D eigenvalue weighted by atomic mass is 10.3. The molecule has 1 aromatic carbocycles. The fourth-order valence-corrected chi connectivity index (χ4v) is 2.17. The number of aryl methyl sites for hydroxylation is 1. The summed E-state index contributed by atoms with van der Waals surface area (Å²) < 4.78 is 40.5. The van der Waals surface area contributed by atoms with E-state index in [2.05, 4.69) is 10.5 Å². The van der Waals surface area contributed by atoms with Gasteiger partial charge in [-0.05, 0) is 25.1 Å². The summed E-state index contributed by atoms with van der Waals surface area (Å²) in [5.41, 5.74) is -0.212. The number of nitrogens with one attached hydrogen (secondary N) is 1. The molecule has 6 nitrogen and oxygen atoms in total. The summed E-state index contributed by atoms with van der Waals surface area (Å²) in [6.45, 7) is 1.60. The van der Waals surface area contributed by atoms with Crippen molar-refractivity contribution in [2.24, 2.45) is 0 Å². The van der Waals surface area contributed by atoms with Crippen molar-refractivity contribution < 1.29 is 22.1 Å². The van der Waals surface area contributed by atoms with Crippen molar-refractivity contribution in [3.63, 3.8) is 0 Å². The molecule has 0 saturated heterocycles. The summed E-state index contributed by atoms with van der Waals surface area (Å²) in [6.07, 6.45) is 0. The van der Waals surface area contributed by atoms with E-state index in [1.807, 2.05) is 0 Å². The Balaban J connectivity index is 2.25. The SMILES string of the molecule is Cc1cc(C(=O)Nc2ccc(S(=O)(=O)Cl)cc2F)no1. The van der Waals surface area contributed by atoms with E-state index in [-0.39, 0.29) is 11.4 Å². The lowest BCUT2D eigenvalue weighted by molar-refractivity contribution is 0.101. The molecule has 0 aliphatic carbocycles. The molecule has 0 bridgehead atoms. The minimum absolute atomic E-state index is 0.0176.